The van der Waals surface area contributed by atoms with E-state index in [2.05, 4.69) is 18.0 Å². The van der Waals surface area contributed by atoms with Gasteiger partial charge in [-0.05, 0) is 61.2 Å². The van der Waals surface area contributed by atoms with Crippen LogP contribution in [0.15, 0.2) is 36.4 Å². The third kappa shape index (κ3) is 6.45. The van der Waals surface area contributed by atoms with Gasteiger partial charge in [-0.1, -0.05) is 18.2 Å². The molecule has 1 aliphatic heterocycles. The van der Waals surface area contributed by atoms with Gasteiger partial charge in [0.25, 0.3) is 0 Å². The first kappa shape index (κ1) is 20.4. The molecule has 0 spiro atoms. The lowest BCUT2D eigenvalue weighted by atomic mass is 9.94. The van der Waals surface area contributed by atoms with E-state index >= 15 is 0 Å². The van der Waals surface area contributed by atoms with Crippen molar-refractivity contribution in [3.63, 3.8) is 0 Å². The van der Waals surface area contributed by atoms with Crippen molar-refractivity contribution in [2.24, 2.45) is 0 Å². The second-order valence-electron chi connectivity index (χ2n) is 6.25. The van der Waals surface area contributed by atoms with Crippen molar-refractivity contribution in [2.45, 2.75) is 25.8 Å². The number of nitrogens with zero attached hydrogens (tertiary/aromatic N) is 1. The van der Waals surface area contributed by atoms with Crippen LogP contribution in [0.2, 0.25) is 0 Å². The van der Waals surface area contributed by atoms with E-state index in [0.717, 1.165) is 37.9 Å². The number of hydrogen-bond donors (Lipinski definition) is 3. The molecule has 0 unspecified atom stereocenters. The maximum Gasteiger partial charge on any atom is 0.120 e. The number of fused-ring (bicyclic) bond motifs is 2. The highest BCUT2D eigenvalue weighted by Crippen LogP contribution is 2.27. The zero-order valence-electron chi connectivity index (χ0n) is 14.4. The summed E-state index contributed by atoms with van der Waals surface area (Å²) in [7, 11) is -2.61. The Kier molecular flexibility index (Phi) is 6.82. The molecule has 7 nitrogen and oxygen atoms in total. The van der Waals surface area contributed by atoms with Crippen molar-refractivity contribution in [1.82, 2.24) is 4.90 Å². The van der Waals surface area contributed by atoms with E-state index < -0.39 is 10.2 Å². The van der Waals surface area contributed by atoms with Crippen LogP contribution in [0.4, 0.5) is 0 Å². The normalized spacial score (nSPS) is 15.3. The molecule has 0 bridgehead atoms. The molecule has 1 aliphatic rings. The van der Waals surface area contributed by atoms with Crippen molar-refractivity contribution in [3.8, 4) is 11.5 Å². The molecule has 0 saturated heterocycles. The Morgan fingerprint density at radius 3 is 2.27 bits per heavy atom. The molecule has 2 aromatic carbocycles. The number of phenols is 2. The first-order valence-corrected chi connectivity index (χ1v) is 9.32. The minimum atomic E-state index is -4.69. The fourth-order valence-corrected chi connectivity index (χ4v) is 3.06. The number of benzene rings is 2. The highest BCUT2D eigenvalue weighted by Gasteiger charge is 2.14. The number of likely N-dealkylation sites (N-methyl/N-ethyl adjacent to an activating group) is 1. The highest BCUT2D eigenvalue weighted by atomic mass is 35.7. The fraction of sp³-hybridized carbons (Fsp3) is 0.333. The Labute approximate surface area is 154 Å². The van der Waals surface area contributed by atoms with Gasteiger partial charge in [0.1, 0.15) is 11.5 Å². The molecule has 0 atom stereocenters. The van der Waals surface area contributed by atoms with Gasteiger partial charge in [-0.3, -0.25) is 0 Å². The third-order valence-electron chi connectivity index (χ3n) is 4.29. The van der Waals surface area contributed by atoms with E-state index in [9.17, 15) is 10.2 Å². The van der Waals surface area contributed by atoms with Crippen molar-refractivity contribution in [1.29, 1.82) is 0 Å². The van der Waals surface area contributed by atoms with Gasteiger partial charge in [0.15, 0.2) is 0 Å². The average molecular weight is 384 g/mol. The second-order valence-corrected chi connectivity index (χ2v) is 7.04. The van der Waals surface area contributed by atoms with Crippen molar-refractivity contribution in [3.05, 3.63) is 58.7 Å². The topological polar surface area (TPSA) is 133 Å². The fourth-order valence-electron chi connectivity index (χ4n) is 3.06. The van der Waals surface area contributed by atoms with Gasteiger partial charge in [0, 0.05) is 18.7 Å². The molecule has 8 heteroatoms. The Balaban J connectivity index is 0.000000431. The molecule has 1 heterocycles. The second kappa shape index (κ2) is 8.68. The van der Waals surface area contributed by atoms with E-state index in [-0.39, 0.29) is 0 Å². The van der Waals surface area contributed by atoms with Gasteiger partial charge in [-0.25, -0.2) is 0 Å². The summed E-state index contributed by atoms with van der Waals surface area (Å²) in [5, 5.41) is 19.8. The molecule has 2 aromatic rings. The molecule has 0 aliphatic carbocycles. The quantitative estimate of drug-likeness (QED) is 0.517. The molecule has 0 radical (unpaired) electrons. The highest BCUT2D eigenvalue weighted by molar-refractivity contribution is 5.41. The summed E-state index contributed by atoms with van der Waals surface area (Å²) in [6.07, 6.45) is 2.74. The zero-order chi connectivity index (χ0) is 19.3. The number of rotatable bonds is 0. The number of phenolic OH excluding ortho intramolecular Hbond substituents is 2. The number of aryl methyl sites for hydroxylation is 2. The van der Waals surface area contributed by atoms with E-state index in [0.29, 0.717) is 11.5 Å². The van der Waals surface area contributed by atoms with E-state index in [1.165, 1.54) is 16.7 Å². The summed E-state index contributed by atoms with van der Waals surface area (Å²) in [4.78, 5) is 2.24. The van der Waals surface area contributed by atoms with Gasteiger partial charge < -0.3 is 15.1 Å². The summed E-state index contributed by atoms with van der Waals surface area (Å²) < 4.78 is 32.7. The lowest BCUT2D eigenvalue weighted by Crippen LogP contribution is -2.58. The summed E-state index contributed by atoms with van der Waals surface area (Å²) in [6.45, 7) is 1.71. The van der Waals surface area contributed by atoms with E-state index in [1.807, 2.05) is 18.2 Å². The standard InChI is InChI=1S/C18H21NO2.ClHO4/c1-19-10-9-13-7-8-16(20)11-15(13)6-5-14-3-2-4-18(21)17(14)12-19;2-1(3,4)5/h2-4,7-8,11,20-21H,5-6,9-10,12H2,1H3;(H,2,3,4,5). The molecule has 3 N–H and O–H groups in total. The Morgan fingerprint density at radius 2 is 1.58 bits per heavy atom. The predicted molar refractivity (Wildman–Crippen MR) is 85.9 cm³/mol. The molecule has 0 amide bonds. The van der Waals surface area contributed by atoms with Crippen LogP contribution in [0.25, 0.3) is 0 Å². The van der Waals surface area contributed by atoms with Gasteiger partial charge in [0.05, 0.1) is 14.9 Å². The summed E-state index contributed by atoms with van der Waals surface area (Å²) in [6, 6.07) is 11.4. The molecule has 142 valence electrons. The van der Waals surface area contributed by atoms with Crippen molar-refractivity contribution >= 4 is 0 Å². The van der Waals surface area contributed by atoms with Crippen LogP contribution in [0.1, 0.15) is 22.3 Å². The molecule has 0 aromatic heterocycles. The van der Waals surface area contributed by atoms with Crippen LogP contribution in [0.3, 0.4) is 0 Å². The Morgan fingerprint density at radius 1 is 0.923 bits per heavy atom. The molecular formula is C18H22ClNO6. The molecule has 0 fully saturated rings. The van der Waals surface area contributed by atoms with E-state index in [4.69, 9.17) is 18.6 Å². The third-order valence-corrected chi connectivity index (χ3v) is 4.29. The van der Waals surface area contributed by atoms with Crippen molar-refractivity contribution in [2.75, 3.05) is 13.6 Å². The average Bonchev–Trinajstić information content (AvgIpc) is 2.52. The summed E-state index contributed by atoms with van der Waals surface area (Å²) >= 11 is 0. The number of aromatic hydroxyl groups is 2. The van der Waals surface area contributed by atoms with Gasteiger partial charge in [-0.2, -0.15) is 14.0 Å². The lowest BCUT2D eigenvalue weighted by molar-refractivity contribution is -1.92. The Bertz CT molecular complexity index is 741. The maximum absolute atomic E-state index is 10.1. The molecular weight excluding hydrogens is 362 g/mol. The van der Waals surface area contributed by atoms with Crippen LogP contribution in [0, 0.1) is 10.2 Å². The first-order valence-electron chi connectivity index (χ1n) is 8.06. The number of hydrogen-bond acceptors (Lipinski definition) is 7. The minimum Gasteiger partial charge on any atom is -0.508 e. The molecule has 26 heavy (non-hydrogen) atoms. The molecule has 0 saturated carbocycles. The van der Waals surface area contributed by atoms with Gasteiger partial charge >= 0.3 is 0 Å². The Hall–Kier alpha value is -1.87. The smallest absolute Gasteiger partial charge is 0.120 e. The number of halogens is 1. The van der Waals surface area contributed by atoms with E-state index in [1.54, 1.807) is 12.1 Å². The van der Waals surface area contributed by atoms with Gasteiger partial charge in [-0.15, -0.1) is 0 Å². The van der Waals surface area contributed by atoms with Gasteiger partial charge in [0.2, 0.25) is 0 Å². The first-order chi connectivity index (χ1) is 12.1. The minimum absolute atomic E-state index is 0.329. The maximum atomic E-state index is 10.1. The van der Waals surface area contributed by atoms with Crippen LogP contribution in [-0.2, 0) is 25.8 Å². The van der Waals surface area contributed by atoms with Crippen LogP contribution < -0.4 is 14.0 Å². The SMILES string of the molecule is CN1CCc2ccc(O)cc2CCc2cccc(O)c2C1.[O-][Cl+3]([O-])([O-])O. The van der Waals surface area contributed by atoms with Crippen molar-refractivity contribution < 1.29 is 39.1 Å². The van der Waals surface area contributed by atoms with Crippen LogP contribution >= 0.6 is 0 Å². The summed E-state index contributed by atoms with van der Waals surface area (Å²) in [5.41, 5.74) is 4.74. The zero-order valence-corrected chi connectivity index (χ0v) is 15.1. The lowest BCUT2D eigenvalue weighted by Gasteiger charge is -2.22. The van der Waals surface area contributed by atoms with Crippen LogP contribution in [-0.4, -0.2) is 33.4 Å². The largest absolute Gasteiger partial charge is 0.508 e. The molecule has 3 rings (SSSR count). The summed E-state index contributed by atoms with van der Waals surface area (Å²) in [5.74, 6) is 0.714. The van der Waals surface area contributed by atoms with Crippen LogP contribution in [0.5, 0.6) is 11.5 Å². The monoisotopic (exact) mass is 383 g/mol. The predicted octanol–water partition coefficient (Wildman–Crippen LogP) is -1.25.